The Morgan fingerprint density at radius 1 is 1.57 bits per heavy atom. The molecular formula is C17H29N3O3. The molecule has 1 aliphatic rings. The lowest BCUT2D eigenvalue weighted by Gasteiger charge is -2.18. The Bertz CT molecular complexity index is 507. The van der Waals surface area contributed by atoms with Crippen LogP contribution in [-0.4, -0.2) is 47.2 Å². The molecule has 1 amide bonds. The van der Waals surface area contributed by atoms with Crippen molar-refractivity contribution in [2.45, 2.75) is 39.0 Å². The molecule has 0 aromatic carbocycles. The summed E-state index contributed by atoms with van der Waals surface area (Å²) in [4.78, 5) is 12.6. The van der Waals surface area contributed by atoms with Crippen LogP contribution in [-0.2, 0) is 11.8 Å². The predicted octanol–water partition coefficient (Wildman–Crippen LogP) is 1.70. The minimum atomic E-state index is -0.0771. The SMILES string of the molecule is CC(C)C[C@H](CCO)CNC(=O)c1cn(C)nc1[C@H]1CCOC1. The summed E-state index contributed by atoms with van der Waals surface area (Å²) in [5, 5.41) is 16.7. The number of aromatic nitrogens is 2. The molecular weight excluding hydrogens is 294 g/mol. The van der Waals surface area contributed by atoms with Crippen LogP contribution in [0.2, 0.25) is 0 Å². The van der Waals surface area contributed by atoms with Crippen molar-refractivity contribution in [3.8, 4) is 0 Å². The number of aryl methyl sites for hydroxylation is 1. The third-order valence-corrected chi connectivity index (χ3v) is 4.31. The number of ether oxygens (including phenoxy) is 1. The first-order valence-corrected chi connectivity index (χ1v) is 8.51. The van der Waals surface area contributed by atoms with Gasteiger partial charge in [0.1, 0.15) is 0 Å². The second-order valence-electron chi connectivity index (χ2n) is 6.88. The molecule has 2 N–H and O–H groups in total. The van der Waals surface area contributed by atoms with E-state index < -0.39 is 0 Å². The van der Waals surface area contributed by atoms with Crippen LogP contribution in [0.25, 0.3) is 0 Å². The molecule has 0 unspecified atom stereocenters. The number of hydrogen-bond acceptors (Lipinski definition) is 4. The summed E-state index contributed by atoms with van der Waals surface area (Å²) in [6.07, 6.45) is 4.41. The van der Waals surface area contributed by atoms with Gasteiger partial charge in [-0.05, 0) is 31.1 Å². The Morgan fingerprint density at radius 2 is 2.35 bits per heavy atom. The largest absolute Gasteiger partial charge is 0.396 e. The molecule has 1 aromatic rings. The zero-order valence-corrected chi connectivity index (χ0v) is 14.4. The first-order valence-electron chi connectivity index (χ1n) is 8.51. The third kappa shape index (κ3) is 5.04. The fraction of sp³-hybridized carbons (Fsp3) is 0.765. The monoisotopic (exact) mass is 323 g/mol. The minimum Gasteiger partial charge on any atom is -0.396 e. The van der Waals surface area contributed by atoms with Crippen molar-refractivity contribution in [1.29, 1.82) is 0 Å². The lowest BCUT2D eigenvalue weighted by Crippen LogP contribution is -2.31. The highest BCUT2D eigenvalue weighted by Gasteiger charge is 2.26. The van der Waals surface area contributed by atoms with Gasteiger partial charge in [0.25, 0.3) is 5.91 Å². The van der Waals surface area contributed by atoms with E-state index in [2.05, 4.69) is 24.3 Å². The molecule has 2 atom stereocenters. The molecule has 130 valence electrons. The van der Waals surface area contributed by atoms with Crippen molar-refractivity contribution in [2.24, 2.45) is 18.9 Å². The highest BCUT2D eigenvalue weighted by Crippen LogP contribution is 2.26. The summed E-state index contributed by atoms with van der Waals surface area (Å²) in [5.74, 6) is 0.986. The first kappa shape index (κ1) is 17.9. The molecule has 1 fully saturated rings. The summed E-state index contributed by atoms with van der Waals surface area (Å²) in [7, 11) is 1.84. The number of rotatable bonds is 8. The quantitative estimate of drug-likeness (QED) is 0.763. The zero-order chi connectivity index (χ0) is 16.8. The van der Waals surface area contributed by atoms with E-state index in [0.29, 0.717) is 30.6 Å². The molecule has 1 aliphatic heterocycles. The molecule has 1 aromatic heterocycles. The second kappa shape index (κ2) is 8.45. The van der Waals surface area contributed by atoms with Crippen molar-refractivity contribution in [3.05, 3.63) is 17.5 Å². The van der Waals surface area contributed by atoms with Gasteiger partial charge in [-0.1, -0.05) is 13.8 Å². The van der Waals surface area contributed by atoms with Crippen molar-refractivity contribution in [1.82, 2.24) is 15.1 Å². The Kier molecular flexibility index (Phi) is 6.59. The molecule has 0 radical (unpaired) electrons. The van der Waals surface area contributed by atoms with Gasteiger partial charge < -0.3 is 15.2 Å². The Balaban J connectivity index is 1.99. The van der Waals surface area contributed by atoms with E-state index in [1.165, 1.54) is 0 Å². The van der Waals surface area contributed by atoms with Crippen LogP contribution in [0.5, 0.6) is 0 Å². The summed E-state index contributed by atoms with van der Waals surface area (Å²) < 4.78 is 7.12. The van der Waals surface area contributed by atoms with Crippen LogP contribution in [0.3, 0.4) is 0 Å². The third-order valence-electron chi connectivity index (χ3n) is 4.31. The Labute approximate surface area is 138 Å². The van der Waals surface area contributed by atoms with Crippen molar-refractivity contribution < 1.29 is 14.6 Å². The maximum absolute atomic E-state index is 12.6. The number of carbonyl (C=O) groups excluding carboxylic acids is 1. The van der Waals surface area contributed by atoms with Crippen molar-refractivity contribution in [3.63, 3.8) is 0 Å². The lowest BCUT2D eigenvalue weighted by molar-refractivity contribution is 0.0939. The van der Waals surface area contributed by atoms with Crippen LogP contribution in [0.4, 0.5) is 0 Å². The smallest absolute Gasteiger partial charge is 0.254 e. The number of amides is 1. The molecule has 0 aliphatic carbocycles. The van der Waals surface area contributed by atoms with Crippen LogP contribution < -0.4 is 5.32 Å². The van der Waals surface area contributed by atoms with Crippen LogP contribution in [0, 0.1) is 11.8 Å². The number of aliphatic hydroxyl groups excluding tert-OH is 1. The summed E-state index contributed by atoms with van der Waals surface area (Å²) >= 11 is 0. The van der Waals surface area contributed by atoms with Gasteiger partial charge >= 0.3 is 0 Å². The van der Waals surface area contributed by atoms with Crippen LogP contribution in [0.1, 0.15) is 55.1 Å². The fourth-order valence-electron chi connectivity index (χ4n) is 3.22. The topological polar surface area (TPSA) is 76.4 Å². The summed E-state index contributed by atoms with van der Waals surface area (Å²) in [5.41, 5.74) is 1.49. The van der Waals surface area contributed by atoms with Crippen LogP contribution in [0.15, 0.2) is 6.20 Å². The highest BCUT2D eigenvalue weighted by atomic mass is 16.5. The molecule has 6 heteroatoms. The van der Waals surface area contributed by atoms with Crippen molar-refractivity contribution >= 4 is 5.91 Å². The zero-order valence-electron chi connectivity index (χ0n) is 14.4. The molecule has 2 heterocycles. The summed E-state index contributed by atoms with van der Waals surface area (Å²) in [6, 6.07) is 0. The maximum atomic E-state index is 12.6. The average Bonchev–Trinajstić information content (AvgIpc) is 3.13. The predicted molar refractivity (Wildman–Crippen MR) is 88.4 cm³/mol. The maximum Gasteiger partial charge on any atom is 0.254 e. The average molecular weight is 323 g/mol. The molecule has 23 heavy (non-hydrogen) atoms. The van der Waals surface area contributed by atoms with E-state index in [4.69, 9.17) is 4.74 Å². The van der Waals surface area contributed by atoms with Gasteiger partial charge in [-0.3, -0.25) is 9.48 Å². The second-order valence-corrected chi connectivity index (χ2v) is 6.88. The van der Waals surface area contributed by atoms with Gasteiger partial charge in [0, 0.05) is 38.9 Å². The van der Waals surface area contributed by atoms with Gasteiger partial charge in [0.2, 0.25) is 0 Å². The molecule has 1 saturated heterocycles. The molecule has 2 rings (SSSR count). The Morgan fingerprint density at radius 3 is 2.96 bits per heavy atom. The van der Waals surface area contributed by atoms with E-state index in [1.807, 2.05) is 7.05 Å². The normalized spacial score (nSPS) is 19.3. The van der Waals surface area contributed by atoms with Crippen molar-refractivity contribution in [2.75, 3.05) is 26.4 Å². The standard InChI is InChI=1S/C17H29N3O3/c1-12(2)8-13(4-6-21)9-18-17(22)15-10-20(3)19-16(15)14-5-7-23-11-14/h10,12-14,21H,4-9,11H2,1-3H3,(H,18,22)/t13-,14-/m0/s1. The number of carbonyl (C=O) groups is 1. The molecule has 0 bridgehead atoms. The number of hydrogen-bond donors (Lipinski definition) is 2. The van der Waals surface area contributed by atoms with Gasteiger partial charge in [-0.2, -0.15) is 5.10 Å². The van der Waals surface area contributed by atoms with E-state index in [0.717, 1.165) is 31.6 Å². The summed E-state index contributed by atoms with van der Waals surface area (Å²) in [6.45, 7) is 6.43. The lowest BCUT2D eigenvalue weighted by atomic mass is 9.94. The first-order chi connectivity index (χ1) is 11.0. The van der Waals surface area contributed by atoms with Gasteiger partial charge in [0.05, 0.1) is 17.9 Å². The minimum absolute atomic E-state index is 0.0771. The van der Waals surface area contributed by atoms with Gasteiger partial charge in [-0.25, -0.2) is 0 Å². The van der Waals surface area contributed by atoms with E-state index in [-0.39, 0.29) is 18.4 Å². The van der Waals surface area contributed by atoms with E-state index >= 15 is 0 Å². The molecule has 0 spiro atoms. The fourth-order valence-corrected chi connectivity index (χ4v) is 3.22. The van der Waals surface area contributed by atoms with Gasteiger partial charge in [0.15, 0.2) is 0 Å². The highest BCUT2D eigenvalue weighted by molar-refractivity contribution is 5.95. The Hall–Kier alpha value is -1.40. The van der Waals surface area contributed by atoms with E-state index in [9.17, 15) is 9.90 Å². The number of aliphatic hydroxyl groups is 1. The number of nitrogens with one attached hydrogen (secondary N) is 1. The van der Waals surface area contributed by atoms with Gasteiger partial charge in [-0.15, -0.1) is 0 Å². The van der Waals surface area contributed by atoms with E-state index in [1.54, 1.807) is 10.9 Å². The molecule has 6 nitrogen and oxygen atoms in total. The molecule has 0 saturated carbocycles. The number of nitrogens with zero attached hydrogens (tertiary/aromatic N) is 2. The van der Waals surface area contributed by atoms with Crippen LogP contribution >= 0.6 is 0 Å².